The summed E-state index contributed by atoms with van der Waals surface area (Å²) in [5, 5.41) is 29.7. The lowest BCUT2D eigenvalue weighted by molar-refractivity contribution is 0.0297. The van der Waals surface area contributed by atoms with E-state index in [2.05, 4.69) is 32.1 Å². The van der Waals surface area contributed by atoms with E-state index in [1.165, 1.54) is 0 Å². The van der Waals surface area contributed by atoms with E-state index in [0.717, 1.165) is 70.8 Å². The molecule has 1 aliphatic rings. The van der Waals surface area contributed by atoms with E-state index in [-0.39, 0.29) is 30.7 Å². The lowest BCUT2D eigenvalue weighted by atomic mass is 9.89. The molecule has 1 fully saturated rings. The second-order valence-corrected chi connectivity index (χ2v) is 8.18. The molecule has 0 spiro atoms. The van der Waals surface area contributed by atoms with E-state index in [1.807, 2.05) is 6.08 Å². The third kappa shape index (κ3) is 10.2. The Balaban J connectivity index is 2.65. The zero-order valence-electron chi connectivity index (χ0n) is 18.1. The maximum Gasteiger partial charge on any atom is 0.0721 e. The number of unbranched alkanes of at least 4 members (excludes halogenated alkanes) is 5. The number of hydrogen-bond acceptors (Lipinski definition) is 4. The van der Waals surface area contributed by atoms with Gasteiger partial charge in [0.05, 0.1) is 18.3 Å². The monoisotopic (exact) mass is 396 g/mol. The van der Waals surface area contributed by atoms with Gasteiger partial charge in [-0.25, -0.2) is 0 Å². The summed E-state index contributed by atoms with van der Waals surface area (Å²) in [6, 6.07) is 0. The number of aliphatic hydroxyl groups is 3. The Morgan fingerprint density at radius 2 is 1.82 bits per heavy atom. The first-order valence-electron chi connectivity index (χ1n) is 11.6. The van der Waals surface area contributed by atoms with Crippen LogP contribution in [0.15, 0.2) is 24.3 Å². The summed E-state index contributed by atoms with van der Waals surface area (Å²) >= 11 is 0. The van der Waals surface area contributed by atoms with Crippen molar-refractivity contribution in [3.05, 3.63) is 24.3 Å². The van der Waals surface area contributed by atoms with Gasteiger partial charge in [0.25, 0.3) is 0 Å². The van der Waals surface area contributed by atoms with Crippen LogP contribution in [0.5, 0.6) is 0 Å². The van der Waals surface area contributed by atoms with Gasteiger partial charge in [-0.15, -0.1) is 0 Å². The van der Waals surface area contributed by atoms with Gasteiger partial charge in [0.1, 0.15) is 0 Å². The Bertz CT molecular complexity index is 421. The van der Waals surface area contributed by atoms with Gasteiger partial charge in [-0.2, -0.15) is 0 Å². The van der Waals surface area contributed by atoms with Gasteiger partial charge in [0.15, 0.2) is 0 Å². The van der Waals surface area contributed by atoms with E-state index in [1.54, 1.807) is 0 Å². The van der Waals surface area contributed by atoms with Gasteiger partial charge < -0.3 is 20.1 Å². The minimum absolute atomic E-state index is 0.0356. The Labute approximate surface area is 172 Å². The van der Waals surface area contributed by atoms with Crippen LogP contribution in [-0.2, 0) is 4.74 Å². The molecule has 0 aromatic rings. The minimum Gasteiger partial charge on any atom is -0.396 e. The van der Waals surface area contributed by atoms with Crippen molar-refractivity contribution >= 4 is 0 Å². The largest absolute Gasteiger partial charge is 0.396 e. The van der Waals surface area contributed by atoms with Crippen LogP contribution >= 0.6 is 0 Å². The average molecular weight is 397 g/mol. The van der Waals surface area contributed by atoms with Crippen LogP contribution in [0.2, 0.25) is 0 Å². The van der Waals surface area contributed by atoms with E-state index in [9.17, 15) is 10.2 Å². The van der Waals surface area contributed by atoms with Crippen LogP contribution in [-0.4, -0.2) is 46.8 Å². The van der Waals surface area contributed by atoms with Crippen molar-refractivity contribution in [1.29, 1.82) is 0 Å². The van der Waals surface area contributed by atoms with Gasteiger partial charge in [0.2, 0.25) is 0 Å². The molecule has 4 nitrogen and oxygen atoms in total. The smallest absolute Gasteiger partial charge is 0.0721 e. The molecule has 0 aromatic carbocycles. The van der Waals surface area contributed by atoms with E-state index >= 15 is 0 Å². The second-order valence-electron chi connectivity index (χ2n) is 8.18. The van der Waals surface area contributed by atoms with E-state index in [4.69, 9.17) is 9.84 Å². The standard InChI is InChI=1S/C24H44O4/c1-3-5-10-13-20(26)15-16-22-21(14-11-8-7-9-12-17-25)23(27)19-24(22)28-18-6-4-2/h8,11,15-16,20-27H,3-7,9-10,12-14,17-19H2,1-2H3. The number of allylic oxidation sites excluding steroid dienone is 2. The molecular formula is C24H44O4. The summed E-state index contributed by atoms with van der Waals surface area (Å²) in [6.07, 6.45) is 18.2. The highest BCUT2D eigenvalue weighted by molar-refractivity contribution is 5.06. The third-order valence-corrected chi connectivity index (χ3v) is 5.73. The van der Waals surface area contributed by atoms with Gasteiger partial charge in [-0.3, -0.25) is 0 Å². The van der Waals surface area contributed by atoms with Gasteiger partial charge in [-0.1, -0.05) is 63.8 Å². The molecule has 0 heterocycles. The molecule has 0 bridgehead atoms. The van der Waals surface area contributed by atoms with Crippen molar-refractivity contribution in [1.82, 2.24) is 0 Å². The first kappa shape index (κ1) is 25.4. The molecule has 0 aromatic heterocycles. The topological polar surface area (TPSA) is 69.9 Å². The zero-order chi connectivity index (χ0) is 20.6. The molecule has 0 radical (unpaired) electrons. The highest BCUT2D eigenvalue weighted by atomic mass is 16.5. The van der Waals surface area contributed by atoms with Crippen LogP contribution in [0, 0.1) is 11.8 Å². The average Bonchev–Trinajstić information content (AvgIpc) is 2.98. The fraction of sp³-hybridized carbons (Fsp3) is 0.833. The van der Waals surface area contributed by atoms with Crippen molar-refractivity contribution in [3.8, 4) is 0 Å². The summed E-state index contributed by atoms with van der Waals surface area (Å²) in [6.45, 7) is 5.31. The third-order valence-electron chi connectivity index (χ3n) is 5.73. The summed E-state index contributed by atoms with van der Waals surface area (Å²) in [4.78, 5) is 0. The maximum absolute atomic E-state index is 10.6. The quantitative estimate of drug-likeness (QED) is 0.259. The fourth-order valence-electron chi connectivity index (χ4n) is 3.94. The highest BCUT2D eigenvalue weighted by Crippen LogP contribution is 2.38. The molecule has 28 heavy (non-hydrogen) atoms. The summed E-state index contributed by atoms with van der Waals surface area (Å²) < 4.78 is 6.10. The molecule has 0 amide bonds. The van der Waals surface area contributed by atoms with Crippen LogP contribution in [0.3, 0.4) is 0 Å². The summed E-state index contributed by atoms with van der Waals surface area (Å²) in [7, 11) is 0. The number of ether oxygens (including phenoxy) is 1. The van der Waals surface area contributed by atoms with Crippen LogP contribution in [0.25, 0.3) is 0 Å². The van der Waals surface area contributed by atoms with Crippen molar-refractivity contribution in [2.24, 2.45) is 11.8 Å². The second kappa shape index (κ2) is 16.2. The Kier molecular flexibility index (Phi) is 14.6. The lowest BCUT2D eigenvalue weighted by Gasteiger charge is -2.22. The SMILES string of the molecule is CCCCCC(O)C=CC1C(OCCCC)CC(O)C1CC=CCCCCO. The highest BCUT2D eigenvalue weighted by Gasteiger charge is 2.41. The molecule has 0 aliphatic heterocycles. The Morgan fingerprint density at radius 3 is 2.54 bits per heavy atom. The molecular weight excluding hydrogens is 352 g/mol. The predicted molar refractivity (Wildman–Crippen MR) is 116 cm³/mol. The van der Waals surface area contributed by atoms with Crippen LogP contribution in [0.1, 0.15) is 84.5 Å². The molecule has 3 N–H and O–H groups in total. The van der Waals surface area contributed by atoms with Crippen molar-refractivity contribution < 1.29 is 20.1 Å². The zero-order valence-corrected chi connectivity index (χ0v) is 18.1. The first-order valence-corrected chi connectivity index (χ1v) is 11.6. The maximum atomic E-state index is 10.6. The lowest BCUT2D eigenvalue weighted by Crippen LogP contribution is -2.22. The van der Waals surface area contributed by atoms with Crippen molar-refractivity contribution in [2.45, 2.75) is 103 Å². The summed E-state index contributed by atoms with van der Waals surface area (Å²) in [5.41, 5.74) is 0. The van der Waals surface area contributed by atoms with Crippen LogP contribution in [0.4, 0.5) is 0 Å². The Morgan fingerprint density at radius 1 is 1.04 bits per heavy atom. The molecule has 164 valence electrons. The molecule has 1 rings (SSSR count). The van der Waals surface area contributed by atoms with Crippen molar-refractivity contribution in [3.63, 3.8) is 0 Å². The first-order chi connectivity index (χ1) is 13.6. The molecule has 5 atom stereocenters. The van der Waals surface area contributed by atoms with Gasteiger partial charge >= 0.3 is 0 Å². The molecule has 5 unspecified atom stereocenters. The number of hydrogen-bond donors (Lipinski definition) is 3. The predicted octanol–water partition coefficient (Wildman–Crippen LogP) is 4.78. The van der Waals surface area contributed by atoms with Crippen LogP contribution < -0.4 is 0 Å². The molecule has 0 saturated heterocycles. The molecule has 1 aliphatic carbocycles. The minimum atomic E-state index is -0.407. The van der Waals surface area contributed by atoms with E-state index in [0.29, 0.717) is 6.42 Å². The van der Waals surface area contributed by atoms with E-state index < -0.39 is 6.10 Å². The molecule has 1 saturated carbocycles. The van der Waals surface area contributed by atoms with Gasteiger partial charge in [0, 0.05) is 25.6 Å². The Hall–Kier alpha value is -0.680. The number of rotatable bonds is 16. The molecule has 4 heteroatoms. The van der Waals surface area contributed by atoms with Gasteiger partial charge in [-0.05, 0) is 44.4 Å². The fourth-order valence-corrected chi connectivity index (χ4v) is 3.94. The summed E-state index contributed by atoms with van der Waals surface area (Å²) in [5.74, 6) is 0.287. The number of aliphatic hydroxyl groups excluding tert-OH is 3. The van der Waals surface area contributed by atoms with Crippen molar-refractivity contribution in [2.75, 3.05) is 13.2 Å². The normalized spacial score (nSPS) is 26.6.